The summed E-state index contributed by atoms with van der Waals surface area (Å²) >= 11 is 0. The number of nitrogens with one attached hydrogen (secondary N) is 4. The average molecular weight is 520 g/mol. The molecule has 198 valence electrons. The minimum Gasteiger partial charge on any atom is -0.487 e. The summed E-state index contributed by atoms with van der Waals surface area (Å²) in [5.74, 6) is 1.91. The van der Waals surface area contributed by atoms with E-state index in [0.29, 0.717) is 97.6 Å². The van der Waals surface area contributed by atoms with E-state index in [1.54, 1.807) is 13.3 Å². The summed E-state index contributed by atoms with van der Waals surface area (Å²) < 4.78 is 22.8. The van der Waals surface area contributed by atoms with Crippen LogP contribution >= 0.6 is 0 Å². The molecule has 38 heavy (non-hydrogen) atoms. The lowest BCUT2D eigenvalue weighted by Crippen LogP contribution is -2.15. The van der Waals surface area contributed by atoms with E-state index in [-0.39, 0.29) is 5.91 Å². The molecule has 1 aliphatic heterocycles. The van der Waals surface area contributed by atoms with Crippen LogP contribution in [0.5, 0.6) is 11.5 Å². The van der Waals surface area contributed by atoms with E-state index in [1.807, 2.05) is 42.5 Å². The molecule has 4 aromatic rings. The van der Waals surface area contributed by atoms with Crippen molar-refractivity contribution in [1.29, 1.82) is 0 Å². The monoisotopic (exact) mass is 519 g/mol. The highest BCUT2D eigenvalue weighted by molar-refractivity contribution is 5.96. The zero-order valence-electron chi connectivity index (χ0n) is 21.0. The minimum atomic E-state index is -0.0855. The predicted molar refractivity (Wildman–Crippen MR) is 143 cm³/mol. The van der Waals surface area contributed by atoms with E-state index < -0.39 is 0 Å². The molecule has 0 spiro atoms. The lowest BCUT2D eigenvalue weighted by Gasteiger charge is -2.16. The summed E-state index contributed by atoms with van der Waals surface area (Å²) in [6.07, 6.45) is 1.93. The van der Waals surface area contributed by atoms with Gasteiger partial charge in [-0.15, -0.1) is 0 Å². The van der Waals surface area contributed by atoms with Crippen LogP contribution in [0.25, 0.3) is 11.2 Å². The Labute approximate surface area is 219 Å². The van der Waals surface area contributed by atoms with Gasteiger partial charge in [-0.1, -0.05) is 19.1 Å². The third-order valence-corrected chi connectivity index (χ3v) is 5.60. The summed E-state index contributed by atoms with van der Waals surface area (Å²) in [6.45, 7) is 4.51. The number of carbonyl (C=O) groups is 1. The molecule has 12 heteroatoms. The first-order chi connectivity index (χ1) is 18.7. The van der Waals surface area contributed by atoms with Gasteiger partial charge in [0.2, 0.25) is 11.9 Å². The molecular formula is C26H29N7O5. The highest BCUT2D eigenvalue weighted by Crippen LogP contribution is 2.33. The van der Waals surface area contributed by atoms with Gasteiger partial charge in [0.05, 0.1) is 44.1 Å². The van der Waals surface area contributed by atoms with Crippen LogP contribution in [0.2, 0.25) is 0 Å². The Morgan fingerprint density at radius 1 is 0.895 bits per heavy atom. The van der Waals surface area contributed by atoms with E-state index in [9.17, 15) is 4.79 Å². The molecule has 0 saturated heterocycles. The molecule has 3 heterocycles. The molecule has 0 atom stereocenters. The van der Waals surface area contributed by atoms with Crippen LogP contribution in [0.15, 0.2) is 48.8 Å². The number of anilines is 5. The molecule has 2 aromatic carbocycles. The number of carbonyl (C=O) groups excluding carboxylic acids is 1. The first kappa shape index (κ1) is 25.2. The van der Waals surface area contributed by atoms with Crippen molar-refractivity contribution < 1.29 is 23.7 Å². The van der Waals surface area contributed by atoms with Crippen molar-refractivity contribution in [2.24, 2.45) is 0 Å². The number of para-hydroxylation sites is 2. The molecule has 0 radical (unpaired) electrons. The van der Waals surface area contributed by atoms with Gasteiger partial charge in [-0.2, -0.15) is 9.97 Å². The Hall–Kier alpha value is -4.42. The highest BCUT2D eigenvalue weighted by Gasteiger charge is 2.14. The largest absolute Gasteiger partial charge is 0.487 e. The Morgan fingerprint density at radius 2 is 1.63 bits per heavy atom. The van der Waals surface area contributed by atoms with Crippen LogP contribution in [0.3, 0.4) is 0 Å². The molecule has 5 rings (SSSR count). The molecule has 1 aliphatic rings. The standard InChI is InChI=1S/C26H29N7O5/c1-2-22(34)30-18-5-3-4-6-19(18)31-25-23-24(28-16-27-23)32-26(33-25)29-17-7-8-20-21(15-17)38-14-12-36-10-9-35-11-13-37-20/h3-8,15-16H,2,9-14H2,1H3,(H,30,34)(H3,27,28,29,31,32,33). The molecule has 0 unspecified atom stereocenters. The Balaban J connectivity index is 1.40. The molecule has 0 fully saturated rings. The molecule has 1 amide bonds. The summed E-state index contributed by atoms with van der Waals surface area (Å²) in [4.78, 5) is 28.6. The summed E-state index contributed by atoms with van der Waals surface area (Å²) in [6, 6.07) is 12.9. The minimum absolute atomic E-state index is 0.0855. The zero-order chi connectivity index (χ0) is 26.2. The van der Waals surface area contributed by atoms with Gasteiger partial charge in [0.25, 0.3) is 0 Å². The molecule has 2 aromatic heterocycles. The lowest BCUT2D eigenvalue weighted by molar-refractivity contribution is -0.115. The fourth-order valence-electron chi connectivity index (χ4n) is 3.74. The van der Waals surface area contributed by atoms with Crippen molar-refractivity contribution >= 4 is 45.9 Å². The predicted octanol–water partition coefficient (Wildman–Crippen LogP) is 3.99. The number of hydrogen-bond donors (Lipinski definition) is 4. The fourth-order valence-corrected chi connectivity index (χ4v) is 3.74. The van der Waals surface area contributed by atoms with E-state index in [0.717, 1.165) is 0 Å². The number of H-pyrrole nitrogens is 1. The lowest BCUT2D eigenvalue weighted by atomic mass is 10.2. The highest BCUT2D eigenvalue weighted by atomic mass is 16.6. The van der Waals surface area contributed by atoms with Crippen molar-refractivity contribution in [1.82, 2.24) is 19.9 Å². The maximum Gasteiger partial charge on any atom is 0.231 e. The zero-order valence-corrected chi connectivity index (χ0v) is 21.0. The molecule has 0 aliphatic carbocycles. The number of aromatic nitrogens is 4. The maximum absolute atomic E-state index is 12.0. The van der Waals surface area contributed by atoms with Crippen molar-refractivity contribution in [2.75, 3.05) is 55.6 Å². The third-order valence-electron chi connectivity index (χ3n) is 5.60. The summed E-state index contributed by atoms with van der Waals surface area (Å²) in [5.41, 5.74) is 3.14. The van der Waals surface area contributed by atoms with Gasteiger partial charge in [0.15, 0.2) is 23.0 Å². The van der Waals surface area contributed by atoms with Crippen LogP contribution in [0, 0.1) is 0 Å². The number of aromatic amines is 1. The average Bonchev–Trinajstić information content (AvgIpc) is 3.39. The van der Waals surface area contributed by atoms with E-state index >= 15 is 0 Å². The first-order valence-electron chi connectivity index (χ1n) is 12.4. The van der Waals surface area contributed by atoms with Gasteiger partial charge < -0.3 is 39.9 Å². The maximum atomic E-state index is 12.0. The van der Waals surface area contributed by atoms with Crippen LogP contribution in [0.1, 0.15) is 13.3 Å². The SMILES string of the molecule is CCC(=O)Nc1ccccc1Nc1nc(Nc2ccc3c(c2)OCCOCCOCCO3)nc2nc[nH]c12. The topological polar surface area (TPSA) is 145 Å². The van der Waals surface area contributed by atoms with E-state index in [1.165, 1.54) is 0 Å². The number of rotatable bonds is 6. The van der Waals surface area contributed by atoms with Crippen LogP contribution in [-0.2, 0) is 14.3 Å². The van der Waals surface area contributed by atoms with Crippen LogP contribution < -0.4 is 25.4 Å². The van der Waals surface area contributed by atoms with E-state index in [4.69, 9.17) is 18.9 Å². The van der Waals surface area contributed by atoms with Gasteiger partial charge in [-0.05, 0) is 24.3 Å². The second-order valence-electron chi connectivity index (χ2n) is 8.28. The molecule has 0 saturated carbocycles. The van der Waals surface area contributed by atoms with Crippen molar-refractivity contribution in [3.05, 3.63) is 48.8 Å². The fraction of sp³-hybridized carbons (Fsp3) is 0.308. The third kappa shape index (κ3) is 6.28. The molecule has 12 nitrogen and oxygen atoms in total. The summed E-state index contributed by atoms with van der Waals surface area (Å²) in [7, 11) is 0. The number of ether oxygens (including phenoxy) is 4. The summed E-state index contributed by atoms with van der Waals surface area (Å²) in [5, 5.41) is 9.43. The number of benzene rings is 2. The Morgan fingerprint density at radius 3 is 2.42 bits per heavy atom. The Kier molecular flexibility index (Phi) is 8.11. The normalized spacial score (nSPS) is 14.2. The Bertz CT molecular complexity index is 1390. The molecule has 0 bridgehead atoms. The van der Waals surface area contributed by atoms with Gasteiger partial charge >= 0.3 is 0 Å². The second kappa shape index (κ2) is 12.2. The number of nitrogens with zero attached hydrogens (tertiary/aromatic N) is 3. The van der Waals surface area contributed by atoms with Gasteiger partial charge in [-0.25, -0.2) is 4.98 Å². The van der Waals surface area contributed by atoms with Crippen molar-refractivity contribution in [3.63, 3.8) is 0 Å². The van der Waals surface area contributed by atoms with Crippen LogP contribution in [0.4, 0.5) is 28.8 Å². The van der Waals surface area contributed by atoms with Crippen molar-refractivity contribution in [3.8, 4) is 11.5 Å². The van der Waals surface area contributed by atoms with Crippen LogP contribution in [-0.4, -0.2) is 65.5 Å². The quantitative estimate of drug-likeness (QED) is 0.295. The first-order valence-corrected chi connectivity index (χ1v) is 12.4. The van der Waals surface area contributed by atoms with Gasteiger partial charge in [0, 0.05) is 18.2 Å². The number of amides is 1. The van der Waals surface area contributed by atoms with Gasteiger partial charge in [0.1, 0.15) is 18.7 Å². The number of imidazole rings is 1. The van der Waals surface area contributed by atoms with Crippen molar-refractivity contribution in [2.45, 2.75) is 13.3 Å². The number of fused-ring (bicyclic) bond motifs is 2. The molecule has 4 N–H and O–H groups in total. The van der Waals surface area contributed by atoms with Gasteiger partial charge in [-0.3, -0.25) is 4.79 Å². The number of hydrogen-bond acceptors (Lipinski definition) is 10. The van der Waals surface area contributed by atoms with E-state index in [2.05, 4.69) is 35.9 Å². The molecular weight excluding hydrogens is 490 g/mol. The smallest absolute Gasteiger partial charge is 0.231 e. The second-order valence-corrected chi connectivity index (χ2v) is 8.28.